The topological polar surface area (TPSA) is 106 Å². The van der Waals surface area contributed by atoms with E-state index < -0.39 is 19.9 Å². The fourth-order valence-corrected chi connectivity index (χ4v) is 3.17. The summed E-state index contributed by atoms with van der Waals surface area (Å²) in [4.78, 5) is 0.128. The molecule has 0 saturated carbocycles. The van der Waals surface area contributed by atoms with Crippen LogP contribution in [0.5, 0.6) is 0 Å². The van der Waals surface area contributed by atoms with E-state index in [9.17, 15) is 16.8 Å². The lowest BCUT2D eigenvalue weighted by atomic mass is 10.2. The lowest BCUT2D eigenvalue weighted by molar-refractivity contribution is 0.589. The van der Waals surface area contributed by atoms with Gasteiger partial charge in [-0.3, -0.25) is 0 Å². The normalized spacial score (nSPS) is 12.6. The van der Waals surface area contributed by atoms with Crippen LogP contribution in [0.4, 0.5) is 0 Å². The van der Waals surface area contributed by atoms with Crippen LogP contribution in [0.1, 0.15) is 5.56 Å². The van der Waals surface area contributed by atoms with Gasteiger partial charge in [-0.1, -0.05) is 17.7 Å². The van der Waals surface area contributed by atoms with Gasteiger partial charge in [-0.15, -0.1) is 0 Å². The van der Waals surface area contributed by atoms with Crippen molar-refractivity contribution in [3.8, 4) is 0 Å². The second-order valence-corrected chi connectivity index (χ2v) is 8.16. The van der Waals surface area contributed by atoms with Crippen LogP contribution < -0.4 is 10.5 Å². The molecule has 0 aliphatic heterocycles. The number of benzene rings is 1. The second kappa shape index (κ2) is 6.19. The summed E-state index contributed by atoms with van der Waals surface area (Å²) in [6, 6.07) is 4.58. The molecule has 19 heavy (non-hydrogen) atoms. The number of rotatable bonds is 6. The zero-order chi connectivity index (χ0) is 14.7. The van der Waals surface area contributed by atoms with Gasteiger partial charge in [0, 0.05) is 29.9 Å². The lowest BCUT2D eigenvalue weighted by Crippen LogP contribution is -2.27. The van der Waals surface area contributed by atoms with Gasteiger partial charge in [-0.05, 0) is 12.1 Å². The van der Waals surface area contributed by atoms with Gasteiger partial charge in [0.1, 0.15) is 0 Å². The smallest absolute Gasteiger partial charge is 0.210 e. The minimum atomic E-state index is -3.54. The monoisotopic (exact) mass is 326 g/mol. The summed E-state index contributed by atoms with van der Waals surface area (Å²) in [7, 11) is -6.93. The Labute approximate surface area is 117 Å². The molecule has 0 amide bonds. The molecule has 0 aromatic heterocycles. The summed E-state index contributed by atoms with van der Waals surface area (Å²) in [5.74, 6) is -0.230. The number of sulfone groups is 1. The largest absolute Gasteiger partial charge is 0.312 e. The summed E-state index contributed by atoms with van der Waals surface area (Å²) >= 11 is 5.96. The van der Waals surface area contributed by atoms with Gasteiger partial charge >= 0.3 is 0 Å². The molecule has 0 atom stereocenters. The van der Waals surface area contributed by atoms with Crippen LogP contribution in [0.15, 0.2) is 23.1 Å². The molecule has 0 aliphatic carbocycles. The average molecular weight is 327 g/mol. The van der Waals surface area contributed by atoms with Gasteiger partial charge in [0.15, 0.2) is 9.84 Å². The molecule has 9 heteroatoms. The van der Waals surface area contributed by atoms with Crippen LogP contribution in [0.2, 0.25) is 5.02 Å². The van der Waals surface area contributed by atoms with Crippen LogP contribution in [0.3, 0.4) is 0 Å². The Hall–Kier alpha value is -0.670. The molecule has 0 unspecified atom stereocenters. The molecule has 0 radical (unpaired) electrons. The standard InChI is InChI=1S/C10H15ClN2O4S2/c1-18(14,15)10-4-2-3-9(11)8(10)7-13-5-6-19(12,16)17/h2-4,13H,5-7H2,1H3,(H2,12,16,17). The first-order valence-electron chi connectivity index (χ1n) is 5.30. The maximum atomic E-state index is 11.6. The van der Waals surface area contributed by atoms with Crippen LogP contribution in [0, 0.1) is 0 Å². The van der Waals surface area contributed by atoms with Crippen molar-refractivity contribution in [2.45, 2.75) is 11.4 Å². The first-order valence-corrected chi connectivity index (χ1v) is 9.28. The van der Waals surface area contributed by atoms with Crippen molar-refractivity contribution in [3.63, 3.8) is 0 Å². The first kappa shape index (κ1) is 16.4. The van der Waals surface area contributed by atoms with E-state index in [1.54, 1.807) is 12.1 Å². The van der Waals surface area contributed by atoms with Gasteiger partial charge in [-0.2, -0.15) is 0 Å². The molecular weight excluding hydrogens is 312 g/mol. The van der Waals surface area contributed by atoms with E-state index in [1.807, 2.05) is 0 Å². The molecular formula is C10H15ClN2O4S2. The van der Waals surface area contributed by atoms with E-state index in [1.165, 1.54) is 6.07 Å². The van der Waals surface area contributed by atoms with Gasteiger partial charge in [0.2, 0.25) is 10.0 Å². The van der Waals surface area contributed by atoms with Gasteiger partial charge in [0.05, 0.1) is 10.6 Å². The number of nitrogens with two attached hydrogens (primary N) is 1. The van der Waals surface area contributed by atoms with Crippen molar-refractivity contribution in [1.29, 1.82) is 0 Å². The molecule has 0 bridgehead atoms. The predicted molar refractivity (Wildman–Crippen MR) is 74.2 cm³/mol. The van der Waals surface area contributed by atoms with E-state index in [-0.39, 0.29) is 23.7 Å². The molecule has 0 aliphatic rings. The Morgan fingerprint density at radius 3 is 2.42 bits per heavy atom. The molecule has 0 fully saturated rings. The van der Waals surface area contributed by atoms with E-state index >= 15 is 0 Å². The van der Waals surface area contributed by atoms with E-state index in [2.05, 4.69) is 5.32 Å². The highest BCUT2D eigenvalue weighted by molar-refractivity contribution is 7.90. The Bertz CT molecular complexity index is 656. The summed E-state index contributed by atoms with van der Waals surface area (Å²) in [5, 5.41) is 7.97. The Kier molecular flexibility index (Phi) is 5.34. The number of hydrogen-bond donors (Lipinski definition) is 2. The molecule has 0 saturated heterocycles. The molecule has 1 rings (SSSR count). The van der Waals surface area contributed by atoms with Crippen LogP contribution in [0.25, 0.3) is 0 Å². The second-order valence-electron chi connectivity index (χ2n) is 4.03. The quantitative estimate of drug-likeness (QED) is 0.722. The minimum absolute atomic E-state index is 0.118. The van der Waals surface area contributed by atoms with E-state index in [0.29, 0.717) is 10.6 Å². The van der Waals surface area contributed by atoms with Crippen molar-refractivity contribution in [2.24, 2.45) is 5.14 Å². The molecule has 6 nitrogen and oxygen atoms in total. The van der Waals surface area contributed by atoms with Crippen LogP contribution in [-0.2, 0) is 26.4 Å². The van der Waals surface area contributed by atoms with Crippen LogP contribution in [-0.4, -0.2) is 35.4 Å². The third kappa shape index (κ3) is 5.45. The molecule has 0 heterocycles. The third-order valence-corrected chi connectivity index (χ3v) is 4.65. The number of halogens is 1. The minimum Gasteiger partial charge on any atom is -0.312 e. The SMILES string of the molecule is CS(=O)(=O)c1cccc(Cl)c1CNCCS(N)(=O)=O. The zero-order valence-corrected chi connectivity index (χ0v) is 12.6. The van der Waals surface area contributed by atoms with Gasteiger partial charge in [0.25, 0.3) is 0 Å². The molecule has 108 valence electrons. The Morgan fingerprint density at radius 2 is 1.89 bits per heavy atom. The number of sulfonamides is 1. The third-order valence-electron chi connectivity index (χ3n) is 2.34. The molecule has 1 aromatic rings. The fraction of sp³-hybridized carbons (Fsp3) is 0.400. The van der Waals surface area contributed by atoms with Crippen LogP contribution >= 0.6 is 11.6 Å². The van der Waals surface area contributed by atoms with Gasteiger partial charge < -0.3 is 5.32 Å². The van der Waals surface area contributed by atoms with E-state index in [4.69, 9.17) is 16.7 Å². The maximum Gasteiger partial charge on any atom is 0.210 e. The highest BCUT2D eigenvalue weighted by atomic mass is 35.5. The number of nitrogens with one attached hydrogen (secondary N) is 1. The summed E-state index contributed by atoms with van der Waals surface area (Å²) in [5.41, 5.74) is 0.418. The van der Waals surface area contributed by atoms with Crippen molar-refractivity contribution in [1.82, 2.24) is 5.32 Å². The zero-order valence-electron chi connectivity index (χ0n) is 10.3. The lowest BCUT2D eigenvalue weighted by Gasteiger charge is -2.10. The summed E-state index contributed by atoms with van der Waals surface area (Å²) in [6.07, 6.45) is 1.09. The van der Waals surface area contributed by atoms with Crippen molar-refractivity contribution >= 4 is 31.5 Å². The van der Waals surface area contributed by atoms with Crippen molar-refractivity contribution < 1.29 is 16.8 Å². The average Bonchev–Trinajstić information content (AvgIpc) is 2.23. The summed E-state index contributed by atoms with van der Waals surface area (Å²) < 4.78 is 44.7. The van der Waals surface area contributed by atoms with Crippen molar-refractivity contribution in [2.75, 3.05) is 18.6 Å². The Morgan fingerprint density at radius 1 is 1.26 bits per heavy atom. The molecule has 1 aromatic carbocycles. The highest BCUT2D eigenvalue weighted by Crippen LogP contribution is 2.23. The van der Waals surface area contributed by atoms with E-state index in [0.717, 1.165) is 6.26 Å². The molecule has 0 spiro atoms. The fourth-order valence-electron chi connectivity index (χ4n) is 1.49. The van der Waals surface area contributed by atoms with Crippen molar-refractivity contribution in [3.05, 3.63) is 28.8 Å². The number of primary sulfonamides is 1. The van der Waals surface area contributed by atoms with Gasteiger partial charge in [-0.25, -0.2) is 22.0 Å². The molecule has 3 N–H and O–H groups in total. The highest BCUT2D eigenvalue weighted by Gasteiger charge is 2.15. The Balaban J connectivity index is 2.84. The maximum absolute atomic E-state index is 11.6. The predicted octanol–water partition coefficient (Wildman–Crippen LogP) is 0.122. The summed E-state index contributed by atoms with van der Waals surface area (Å²) in [6.45, 7) is 0.269. The first-order chi connectivity index (χ1) is 8.61. The number of hydrogen-bond acceptors (Lipinski definition) is 5.